The quantitative estimate of drug-likeness (QED) is 0.331. The van der Waals surface area contributed by atoms with Gasteiger partial charge in [0.1, 0.15) is 18.5 Å². The van der Waals surface area contributed by atoms with Crippen molar-refractivity contribution in [1.82, 2.24) is 40.0 Å². The van der Waals surface area contributed by atoms with E-state index in [1.165, 1.54) is 12.5 Å². The van der Waals surface area contributed by atoms with E-state index in [9.17, 15) is 0 Å². The Morgan fingerprint density at radius 3 is 2.66 bits per heavy atom. The number of benzene rings is 2. The average Bonchev–Trinajstić information content (AvgIpc) is 3.65. The van der Waals surface area contributed by atoms with E-state index in [0.717, 1.165) is 54.1 Å². The van der Waals surface area contributed by atoms with Crippen LogP contribution in [0.2, 0.25) is 0 Å². The number of fused-ring (bicyclic) bond motifs is 2. The molecule has 7 rings (SSSR count). The molecule has 0 bridgehead atoms. The summed E-state index contributed by atoms with van der Waals surface area (Å²) in [4.78, 5) is 20.3. The number of para-hydroxylation sites is 1. The van der Waals surface area contributed by atoms with Gasteiger partial charge in [0.25, 0.3) is 0 Å². The van der Waals surface area contributed by atoms with Gasteiger partial charge in [-0.05, 0) is 29.8 Å². The third-order valence-electron chi connectivity index (χ3n) is 6.93. The SMILES string of the molecule is Nc1nccc(-c2cc(-c3ncn[nH]3)c3ncn(-c4cc(N5CCNCC5)nc5ccccc45)c3c2)c1F. The molecule has 38 heavy (non-hydrogen) atoms. The van der Waals surface area contributed by atoms with Crippen LogP contribution in [0.3, 0.4) is 0 Å². The summed E-state index contributed by atoms with van der Waals surface area (Å²) in [5.41, 5.74) is 10.8. The maximum absolute atomic E-state index is 15.1. The number of hydrogen-bond donors (Lipinski definition) is 3. The van der Waals surface area contributed by atoms with Crippen molar-refractivity contribution in [3.05, 3.63) is 73.2 Å². The van der Waals surface area contributed by atoms with Crippen LogP contribution in [0.5, 0.6) is 0 Å². The first kappa shape index (κ1) is 22.3. The van der Waals surface area contributed by atoms with Gasteiger partial charge in [-0.15, -0.1) is 0 Å². The lowest BCUT2D eigenvalue weighted by Gasteiger charge is -2.29. The molecule has 5 heterocycles. The van der Waals surface area contributed by atoms with E-state index in [-0.39, 0.29) is 5.82 Å². The molecule has 1 fully saturated rings. The molecule has 6 aromatic rings. The van der Waals surface area contributed by atoms with Gasteiger partial charge >= 0.3 is 0 Å². The number of imidazole rings is 1. The number of aromatic nitrogens is 7. The Morgan fingerprint density at radius 2 is 1.82 bits per heavy atom. The number of hydrogen-bond acceptors (Lipinski definition) is 8. The summed E-state index contributed by atoms with van der Waals surface area (Å²) in [5.74, 6) is 0.710. The van der Waals surface area contributed by atoms with Crippen molar-refractivity contribution in [2.24, 2.45) is 0 Å². The van der Waals surface area contributed by atoms with Gasteiger partial charge in [0.2, 0.25) is 0 Å². The molecule has 11 heteroatoms. The highest BCUT2D eigenvalue weighted by Crippen LogP contribution is 2.36. The standard InChI is InChI=1S/C27H23FN10/c28-24-17(5-6-31-26(24)29)16-11-19(27-32-14-34-36-27)25-22(12-16)38(15-33-25)21-13-23(37-9-7-30-8-10-37)35-20-4-2-1-3-18(20)21/h1-6,11-15,30H,7-10H2,(H2,29,31)(H,32,34,36). The summed E-state index contributed by atoms with van der Waals surface area (Å²) in [6.07, 6.45) is 4.72. The minimum atomic E-state index is -0.572. The van der Waals surface area contributed by atoms with Gasteiger partial charge in [0.15, 0.2) is 17.5 Å². The molecule has 4 N–H and O–H groups in total. The molecule has 0 unspecified atom stereocenters. The molecular formula is C27H23FN10. The maximum Gasteiger partial charge on any atom is 0.173 e. The Bertz CT molecular complexity index is 1790. The van der Waals surface area contributed by atoms with E-state index in [0.29, 0.717) is 28.0 Å². The van der Waals surface area contributed by atoms with Gasteiger partial charge in [0, 0.05) is 55.0 Å². The van der Waals surface area contributed by atoms with Gasteiger partial charge < -0.3 is 16.0 Å². The van der Waals surface area contributed by atoms with Crippen LogP contribution in [-0.2, 0) is 0 Å². The van der Waals surface area contributed by atoms with Crippen molar-refractivity contribution in [2.75, 3.05) is 36.8 Å². The average molecular weight is 507 g/mol. The van der Waals surface area contributed by atoms with Crippen LogP contribution < -0.4 is 16.0 Å². The highest BCUT2D eigenvalue weighted by atomic mass is 19.1. The third-order valence-corrected chi connectivity index (χ3v) is 6.93. The summed E-state index contributed by atoms with van der Waals surface area (Å²) in [6.45, 7) is 3.56. The molecule has 1 aliphatic heterocycles. The number of rotatable bonds is 4. The number of halogens is 1. The molecule has 0 amide bonds. The fraction of sp³-hybridized carbons (Fsp3) is 0.148. The van der Waals surface area contributed by atoms with Crippen molar-refractivity contribution in [1.29, 1.82) is 0 Å². The van der Waals surface area contributed by atoms with Crippen molar-refractivity contribution in [3.63, 3.8) is 0 Å². The number of H-pyrrole nitrogens is 1. The molecule has 0 aliphatic carbocycles. The van der Waals surface area contributed by atoms with E-state index in [2.05, 4.69) is 42.5 Å². The number of piperazine rings is 1. The first-order valence-electron chi connectivity index (χ1n) is 12.3. The van der Waals surface area contributed by atoms with E-state index in [1.807, 2.05) is 34.9 Å². The highest BCUT2D eigenvalue weighted by Gasteiger charge is 2.20. The van der Waals surface area contributed by atoms with E-state index >= 15 is 4.39 Å². The predicted octanol–water partition coefficient (Wildman–Crippen LogP) is 3.55. The fourth-order valence-electron chi connectivity index (χ4n) is 5.06. The molecule has 0 saturated carbocycles. The van der Waals surface area contributed by atoms with Crippen LogP contribution in [0.1, 0.15) is 0 Å². The Labute approximate surface area is 216 Å². The van der Waals surface area contributed by atoms with Gasteiger partial charge in [-0.2, -0.15) is 5.10 Å². The van der Waals surface area contributed by atoms with Crippen molar-refractivity contribution >= 4 is 33.6 Å². The number of nitrogens with one attached hydrogen (secondary N) is 2. The van der Waals surface area contributed by atoms with Gasteiger partial charge in [0.05, 0.1) is 22.2 Å². The van der Waals surface area contributed by atoms with E-state index in [1.54, 1.807) is 12.4 Å². The minimum absolute atomic E-state index is 0.155. The second kappa shape index (κ2) is 8.89. The number of nitrogens with two attached hydrogens (primary N) is 1. The molecule has 0 radical (unpaired) electrons. The Balaban J connectivity index is 1.51. The summed E-state index contributed by atoms with van der Waals surface area (Å²) < 4.78 is 17.1. The molecule has 2 aromatic carbocycles. The lowest BCUT2D eigenvalue weighted by atomic mass is 10.0. The van der Waals surface area contributed by atoms with Gasteiger partial charge in [-0.1, -0.05) is 18.2 Å². The van der Waals surface area contributed by atoms with Crippen LogP contribution >= 0.6 is 0 Å². The zero-order valence-corrected chi connectivity index (χ0v) is 20.3. The van der Waals surface area contributed by atoms with Crippen LogP contribution in [0, 0.1) is 5.82 Å². The number of anilines is 2. The summed E-state index contributed by atoms with van der Waals surface area (Å²) in [6, 6.07) is 15.5. The predicted molar refractivity (Wildman–Crippen MR) is 144 cm³/mol. The monoisotopic (exact) mass is 506 g/mol. The number of nitrogen functional groups attached to an aromatic ring is 1. The first-order chi connectivity index (χ1) is 18.7. The summed E-state index contributed by atoms with van der Waals surface area (Å²) in [7, 11) is 0. The van der Waals surface area contributed by atoms with Crippen LogP contribution in [0.25, 0.3) is 50.1 Å². The zero-order chi connectivity index (χ0) is 25.6. The Morgan fingerprint density at radius 1 is 0.947 bits per heavy atom. The summed E-state index contributed by atoms with van der Waals surface area (Å²) >= 11 is 0. The second-order valence-corrected chi connectivity index (χ2v) is 9.15. The van der Waals surface area contributed by atoms with Crippen molar-refractivity contribution < 1.29 is 4.39 Å². The van der Waals surface area contributed by atoms with Crippen LogP contribution in [0.15, 0.2) is 67.4 Å². The van der Waals surface area contributed by atoms with E-state index in [4.69, 9.17) is 15.7 Å². The molecule has 4 aromatic heterocycles. The molecule has 10 nitrogen and oxygen atoms in total. The van der Waals surface area contributed by atoms with Gasteiger partial charge in [-0.25, -0.2) is 24.3 Å². The normalized spacial score (nSPS) is 14.0. The molecule has 0 spiro atoms. The Kier molecular flexibility index (Phi) is 5.22. The largest absolute Gasteiger partial charge is 0.381 e. The maximum atomic E-state index is 15.1. The van der Waals surface area contributed by atoms with Gasteiger partial charge in [-0.3, -0.25) is 9.67 Å². The number of aromatic amines is 1. The van der Waals surface area contributed by atoms with E-state index < -0.39 is 5.82 Å². The molecule has 1 aliphatic rings. The van der Waals surface area contributed by atoms with Crippen LogP contribution in [-0.4, -0.2) is 60.9 Å². The first-order valence-corrected chi connectivity index (χ1v) is 12.3. The van der Waals surface area contributed by atoms with Crippen LogP contribution in [0.4, 0.5) is 16.0 Å². The number of pyridine rings is 2. The number of nitrogens with zero attached hydrogens (tertiary/aromatic N) is 7. The smallest absolute Gasteiger partial charge is 0.173 e. The van der Waals surface area contributed by atoms with Crippen molar-refractivity contribution in [3.8, 4) is 28.2 Å². The third kappa shape index (κ3) is 3.63. The molecule has 188 valence electrons. The highest BCUT2D eigenvalue weighted by molar-refractivity contribution is 5.98. The topological polar surface area (TPSA) is 126 Å². The van der Waals surface area contributed by atoms with Crippen molar-refractivity contribution in [2.45, 2.75) is 0 Å². The lowest BCUT2D eigenvalue weighted by Crippen LogP contribution is -2.43. The summed E-state index contributed by atoms with van der Waals surface area (Å²) in [5, 5.41) is 11.3. The Hall–Kier alpha value is -4.90. The lowest BCUT2D eigenvalue weighted by molar-refractivity contribution is 0.585. The molecular weight excluding hydrogens is 483 g/mol. The zero-order valence-electron chi connectivity index (χ0n) is 20.3. The second-order valence-electron chi connectivity index (χ2n) is 9.15. The molecule has 0 atom stereocenters. The molecule has 1 saturated heterocycles. The minimum Gasteiger partial charge on any atom is -0.381 e. The fourth-order valence-corrected chi connectivity index (χ4v) is 5.06.